The molecule has 37 heavy (non-hydrogen) atoms. The highest BCUT2D eigenvalue weighted by Crippen LogP contribution is 2.25. The topological polar surface area (TPSA) is 90.7 Å². The lowest BCUT2D eigenvalue weighted by molar-refractivity contribution is 0.106. The zero-order valence-corrected chi connectivity index (χ0v) is 21.6. The van der Waals surface area contributed by atoms with Crippen LogP contribution in [0.2, 0.25) is 0 Å². The summed E-state index contributed by atoms with van der Waals surface area (Å²) in [5.41, 5.74) is 4.88. The van der Waals surface area contributed by atoms with Crippen molar-refractivity contribution >= 4 is 5.69 Å². The van der Waals surface area contributed by atoms with Gasteiger partial charge in [-0.15, -0.1) is 5.10 Å². The minimum atomic E-state index is -0.654. The lowest BCUT2D eigenvalue weighted by atomic mass is 10.1. The molecule has 0 aliphatic carbocycles. The highest BCUT2D eigenvalue weighted by atomic mass is 16.5. The lowest BCUT2D eigenvalue weighted by Gasteiger charge is -2.15. The molecule has 1 atom stereocenters. The number of benzene rings is 3. The predicted octanol–water partition coefficient (Wildman–Crippen LogP) is 4.82. The molecule has 1 unspecified atom stereocenters. The second kappa shape index (κ2) is 12.9. The van der Waals surface area contributed by atoms with Crippen molar-refractivity contribution in [3.05, 3.63) is 83.9 Å². The van der Waals surface area contributed by atoms with Crippen LogP contribution in [-0.2, 0) is 4.74 Å². The first-order valence-corrected chi connectivity index (χ1v) is 12.5. The van der Waals surface area contributed by atoms with Crippen molar-refractivity contribution < 1.29 is 19.3 Å². The molecule has 3 aromatic carbocycles. The van der Waals surface area contributed by atoms with E-state index < -0.39 is 6.10 Å². The number of anilines is 1. The average Bonchev–Trinajstić information content (AvgIpc) is 3.34. The van der Waals surface area contributed by atoms with Crippen LogP contribution in [0.5, 0.6) is 11.8 Å². The van der Waals surface area contributed by atoms with E-state index in [4.69, 9.17) is 14.2 Å². The van der Waals surface area contributed by atoms with Gasteiger partial charge in [-0.3, -0.25) is 0 Å². The van der Waals surface area contributed by atoms with Crippen LogP contribution in [-0.4, -0.2) is 58.9 Å². The van der Waals surface area contributed by atoms with E-state index in [0.29, 0.717) is 38.2 Å². The Labute approximate surface area is 217 Å². The molecule has 4 rings (SSSR count). The molecule has 0 radical (unpaired) electrons. The van der Waals surface area contributed by atoms with Crippen LogP contribution < -0.4 is 14.8 Å². The van der Waals surface area contributed by atoms with Crippen LogP contribution >= 0.6 is 0 Å². The molecule has 1 aromatic heterocycles. The first-order chi connectivity index (χ1) is 18.0. The van der Waals surface area contributed by atoms with Crippen molar-refractivity contribution in [1.82, 2.24) is 14.8 Å². The van der Waals surface area contributed by atoms with E-state index in [1.165, 1.54) is 5.56 Å². The summed E-state index contributed by atoms with van der Waals surface area (Å²) in [6, 6.07) is 24.0. The molecule has 2 N–H and O–H groups in total. The Hall–Kier alpha value is -3.88. The Morgan fingerprint density at radius 3 is 2.41 bits per heavy atom. The summed E-state index contributed by atoms with van der Waals surface area (Å²) in [5, 5.41) is 18.2. The molecule has 0 saturated carbocycles. The first kappa shape index (κ1) is 26.2. The van der Waals surface area contributed by atoms with E-state index in [-0.39, 0.29) is 6.61 Å². The molecular formula is C29H34N4O4. The highest BCUT2D eigenvalue weighted by Gasteiger charge is 2.15. The SMILES string of the molecule is CCOCCOc1nc(-c2ccc(C)cc2)n(-c2ccc(NCC(O)COc3ccccc3C)cc2)n1. The van der Waals surface area contributed by atoms with Gasteiger partial charge in [-0.05, 0) is 56.7 Å². The quantitative estimate of drug-likeness (QED) is 0.253. The van der Waals surface area contributed by atoms with Gasteiger partial charge in [0, 0.05) is 24.4 Å². The van der Waals surface area contributed by atoms with E-state index >= 15 is 0 Å². The van der Waals surface area contributed by atoms with Crippen molar-refractivity contribution in [3.63, 3.8) is 0 Å². The number of aliphatic hydroxyl groups is 1. The number of para-hydroxylation sites is 1. The van der Waals surface area contributed by atoms with Gasteiger partial charge in [0.15, 0.2) is 5.82 Å². The Kier molecular flexibility index (Phi) is 9.13. The molecule has 0 aliphatic heterocycles. The molecule has 0 saturated heterocycles. The third-order valence-corrected chi connectivity index (χ3v) is 5.74. The molecule has 194 valence electrons. The molecule has 0 aliphatic rings. The second-order valence-corrected chi connectivity index (χ2v) is 8.70. The third-order valence-electron chi connectivity index (χ3n) is 5.74. The number of hydrogen-bond donors (Lipinski definition) is 2. The summed E-state index contributed by atoms with van der Waals surface area (Å²) < 4.78 is 18.6. The van der Waals surface area contributed by atoms with E-state index in [9.17, 15) is 5.11 Å². The van der Waals surface area contributed by atoms with Crippen molar-refractivity contribution in [1.29, 1.82) is 0 Å². The summed E-state index contributed by atoms with van der Waals surface area (Å²) in [6.45, 7) is 8.04. The lowest BCUT2D eigenvalue weighted by Crippen LogP contribution is -2.26. The number of aryl methyl sites for hydroxylation is 2. The number of aromatic nitrogens is 3. The largest absolute Gasteiger partial charge is 0.491 e. The monoisotopic (exact) mass is 502 g/mol. The van der Waals surface area contributed by atoms with Crippen molar-refractivity contribution in [2.75, 3.05) is 38.3 Å². The van der Waals surface area contributed by atoms with Crippen LogP contribution in [0.1, 0.15) is 18.1 Å². The predicted molar refractivity (Wildman–Crippen MR) is 145 cm³/mol. The maximum atomic E-state index is 10.4. The van der Waals surface area contributed by atoms with Crippen LogP contribution in [0, 0.1) is 13.8 Å². The number of aliphatic hydroxyl groups excluding tert-OH is 1. The van der Waals surface area contributed by atoms with Crippen LogP contribution in [0.3, 0.4) is 0 Å². The fourth-order valence-electron chi connectivity index (χ4n) is 3.68. The Morgan fingerprint density at radius 2 is 1.68 bits per heavy atom. The third kappa shape index (κ3) is 7.31. The highest BCUT2D eigenvalue weighted by molar-refractivity contribution is 5.60. The van der Waals surface area contributed by atoms with Crippen LogP contribution in [0.4, 0.5) is 5.69 Å². The molecule has 0 bridgehead atoms. The Bertz CT molecular complexity index is 1260. The average molecular weight is 503 g/mol. The fraction of sp³-hybridized carbons (Fsp3) is 0.310. The summed E-state index contributed by atoms with van der Waals surface area (Å²) >= 11 is 0. The smallest absolute Gasteiger partial charge is 0.336 e. The van der Waals surface area contributed by atoms with E-state index in [0.717, 1.165) is 28.3 Å². The van der Waals surface area contributed by atoms with Gasteiger partial charge in [0.25, 0.3) is 0 Å². The van der Waals surface area contributed by atoms with Gasteiger partial charge in [0.05, 0.1) is 12.3 Å². The van der Waals surface area contributed by atoms with Crippen LogP contribution in [0.25, 0.3) is 17.1 Å². The first-order valence-electron chi connectivity index (χ1n) is 12.5. The molecule has 0 fully saturated rings. The molecule has 1 heterocycles. The molecule has 4 aromatic rings. The molecular weight excluding hydrogens is 468 g/mol. The van der Waals surface area contributed by atoms with Crippen molar-refractivity contribution in [3.8, 4) is 28.8 Å². The number of rotatable bonds is 13. The van der Waals surface area contributed by atoms with Gasteiger partial charge in [-0.1, -0.05) is 48.0 Å². The van der Waals surface area contributed by atoms with Crippen molar-refractivity contribution in [2.45, 2.75) is 26.9 Å². The summed E-state index contributed by atoms with van der Waals surface area (Å²) in [5.74, 6) is 1.47. The van der Waals surface area contributed by atoms with Gasteiger partial charge in [-0.2, -0.15) is 4.98 Å². The minimum absolute atomic E-state index is 0.209. The number of nitrogens with one attached hydrogen (secondary N) is 1. The van der Waals surface area contributed by atoms with Gasteiger partial charge < -0.3 is 24.6 Å². The van der Waals surface area contributed by atoms with E-state index in [2.05, 4.69) is 15.4 Å². The maximum Gasteiger partial charge on any atom is 0.336 e. The van der Waals surface area contributed by atoms with Gasteiger partial charge in [0.1, 0.15) is 25.1 Å². The van der Waals surface area contributed by atoms with E-state index in [1.54, 1.807) is 4.68 Å². The summed E-state index contributed by atoms with van der Waals surface area (Å²) in [6.07, 6.45) is -0.654. The summed E-state index contributed by atoms with van der Waals surface area (Å²) in [7, 11) is 0. The van der Waals surface area contributed by atoms with Crippen molar-refractivity contribution in [2.24, 2.45) is 0 Å². The molecule has 8 nitrogen and oxygen atoms in total. The number of hydrogen-bond acceptors (Lipinski definition) is 7. The van der Waals surface area contributed by atoms with Gasteiger partial charge in [0.2, 0.25) is 0 Å². The molecule has 8 heteroatoms. The Balaban J connectivity index is 1.41. The van der Waals surface area contributed by atoms with Gasteiger partial charge >= 0.3 is 6.01 Å². The summed E-state index contributed by atoms with van der Waals surface area (Å²) in [4.78, 5) is 4.63. The Morgan fingerprint density at radius 1 is 0.919 bits per heavy atom. The molecule has 0 spiro atoms. The maximum absolute atomic E-state index is 10.4. The van der Waals surface area contributed by atoms with Gasteiger partial charge in [-0.25, -0.2) is 4.68 Å². The standard InChI is InChI=1S/C29H34N4O4/c1-4-35-17-18-36-29-31-28(23-11-9-21(2)10-12-23)33(32-29)25-15-13-24(14-16-25)30-19-26(34)20-37-27-8-6-5-7-22(27)3/h5-16,26,30,34H,4,17-20H2,1-3H3. The number of nitrogens with zero attached hydrogens (tertiary/aromatic N) is 3. The zero-order chi connectivity index (χ0) is 26.0. The molecule has 0 amide bonds. The minimum Gasteiger partial charge on any atom is -0.491 e. The second-order valence-electron chi connectivity index (χ2n) is 8.70. The van der Waals surface area contributed by atoms with E-state index in [1.807, 2.05) is 93.6 Å². The normalized spacial score (nSPS) is 11.8. The fourth-order valence-corrected chi connectivity index (χ4v) is 3.68. The van der Waals surface area contributed by atoms with Crippen LogP contribution in [0.15, 0.2) is 72.8 Å². The zero-order valence-electron chi connectivity index (χ0n) is 21.6. The number of ether oxygens (including phenoxy) is 3.